The summed E-state index contributed by atoms with van der Waals surface area (Å²) in [6, 6.07) is 9.39. The Labute approximate surface area is 181 Å². The molecule has 4 rings (SSSR count). The molecule has 2 aliphatic heterocycles. The number of amides is 2. The minimum atomic E-state index is -0.353. The van der Waals surface area contributed by atoms with Crippen LogP contribution in [0.2, 0.25) is 0 Å². The summed E-state index contributed by atoms with van der Waals surface area (Å²) in [5.41, 5.74) is 3.73. The third-order valence-electron chi connectivity index (χ3n) is 5.85. The van der Waals surface area contributed by atoms with Gasteiger partial charge >= 0.3 is 6.09 Å². The maximum Gasteiger partial charge on any atom is 0.414 e. The molecule has 31 heavy (non-hydrogen) atoms. The first-order valence-electron chi connectivity index (χ1n) is 10.4. The van der Waals surface area contributed by atoms with Crippen LogP contribution >= 0.6 is 0 Å². The van der Waals surface area contributed by atoms with Crippen molar-refractivity contribution in [1.82, 2.24) is 9.88 Å². The van der Waals surface area contributed by atoms with Crippen LogP contribution in [0.4, 0.5) is 16.3 Å². The number of rotatable bonds is 3. The highest BCUT2D eigenvalue weighted by molar-refractivity contribution is 5.97. The van der Waals surface area contributed by atoms with Crippen LogP contribution in [-0.4, -0.2) is 60.7 Å². The molecule has 1 atom stereocenters. The molecule has 160 valence electrons. The summed E-state index contributed by atoms with van der Waals surface area (Å²) in [5, 5.41) is 9.02. The summed E-state index contributed by atoms with van der Waals surface area (Å²) in [6.07, 6.45) is 1.23. The lowest BCUT2D eigenvalue weighted by Crippen LogP contribution is -2.49. The fraction of sp³-hybridized carbons (Fsp3) is 0.391. The number of pyridine rings is 1. The molecule has 1 aromatic carbocycles. The number of benzene rings is 1. The van der Waals surface area contributed by atoms with Crippen molar-refractivity contribution in [2.75, 3.05) is 42.6 Å². The van der Waals surface area contributed by atoms with Gasteiger partial charge in [0.25, 0.3) is 5.91 Å². The fourth-order valence-electron chi connectivity index (χ4n) is 4.16. The van der Waals surface area contributed by atoms with Crippen molar-refractivity contribution in [2.45, 2.75) is 26.8 Å². The fourth-order valence-corrected chi connectivity index (χ4v) is 4.16. The third-order valence-corrected chi connectivity index (χ3v) is 5.85. The number of cyclic esters (lactones) is 1. The molecule has 0 radical (unpaired) electrons. The second kappa shape index (κ2) is 8.26. The van der Waals surface area contributed by atoms with E-state index in [2.05, 4.69) is 16.0 Å². The number of aryl methyl sites for hydroxylation is 2. The average Bonchev–Trinajstić information content (AvgIpc) is 3.11. The molecule has 2 aromatic rings. The van der Waals surface area contributed by atoms with Gasteiger partial charge in [-0.3, -0.25) is 9.69 Å². The van der Waals surface area contributed by atoms with Crippen LogP contribution in [-0.2, 0) is 4.74 Å². The van der Waals surface area contributed by atoms with Gasteiger partial charge in [-0.25, -0.2) is 9.78 Å². The number of nitrogens with zero attached hydrogens (tertiary/aromatic N) is 5. The smallest absolute Gasteiger partial charge is 0.414 e. The Morgan fingerprint density at radius 1 is 1.16 bits per heavy atom. The summed E-state index contributed by atoms with van der Waals surface area (Å²) in [5.74, 6) is 0.850. The summed E-state index contributed by atoms with van der Waals surface area (Å²) < 4.78 is 5.10. The van der Waals surface area contributed by atoms with Gasteiger partial charge in [-0.1, -0.05) is 0 Å². The highest BCUT2D eigenvalue weighted by Crippen LogP contribution is 2.26. The molecular weight excluding hydrogens is 394 g/mol. The summed E-state index contributed by atoms with van der Waals surface area (Å²) in [6.45, 7) is 8.69. The van der Waals surface area contributed by atoms with Gasteiger partial charge in [0, 0.05) is 43.6 Å². The predicted octanol–water partition coefficient (Wildman–Crippen LogP) is 2.88. The van der Waals surface area contributed by atoms with Gasteiger partial charge in [0.15, 0.2) is 0 Å². The van der Waals surface area contributed by atoms with Crippen LogP contribution < -0.4 is 9.80 Å². The molecule has 1 unspecified atom stereocenters. The molecule has 1 aromatic heterocycles. The molecule has 3 heterocycles. The van der Waals surface area contributed by atoms with Crippen LogP contribution in [0.1, 0.15) is 34.0 Å². The van der Waals surface area contributed by atoms with Gasteiger partial charge in [0.2, 0.25) is 0 Å². The van der Waals surface area contributed by atoms with Gasteiger partial charge in [-0.15, -0.1) is 0 Å². The molecule has 8 nitrogen and oxygen atoms in total. The molecule has 2 amide bonds. The lowest BCUT2D eigenvalue weighted by Gasteiger charge is -2.36. The van der Waals surface area contributed by atoms with Gasteiger partial charge in [-0.05, 0) is 56.2 Å². The molecular formula is C23H25N5O3. The minimum absolute atomic E-state index is 0.00902. The first-order chi connectivity index (χ1) is 14.9. The quantitative estimate of drug-likeness (QED) is 0.760. The topological polar surface area (TPSA) is 89.8 Å². The van der Waals surface area contributed by atoms with Crippen molar-refractivity contribution in [2.24, 2.45) is 0 Å². The highest BCUT2D eigenvalue weighted by atomic mass is 16.6. The molecule has 0 saturated carbocycles. The van der Waals surface area contributed by atoms with E-state index in [4.69, 9.17) is 10.00 Å². The number of hydrogen-bond acceptors (Lipinski definition) is 6. The number of ether oxygens (including phenoxy) is 1. The number of carbonyl (C=O) groups excluding carboxylic acids is 2. The van der Waals surface area contributed by atoms with Crippen molar-refractivity contribution in [1.29, 1.82) is 5.26 Å². The second-order valence-electron chi connectivity index (χ2n) is 8.05. The van der Waals surface area contributed by atoms with E-state index >= 15 is 0 Å². The van der Waals surface area contributed by atoms with Gasteiger partial charge in [0.05, 0.1) is 11.6 Å². The first-order valence-corrected chi connectivity index (χ1v) is 10.4. The van der Waals surface area contributed by atoms with E-state index in [1.54, 1.807) is 17.2 Å². The summed E-state index contributed by atoms with van der Waals surface area (Å²) >= 11 is 0. The standard InChI is InChI=1S/C23H25N5O3/c1-15-11-19(28-17(3)14-31-23(28)30)4-5-20(15)22(29)27-8-6-26(7-9-27)21-16(2)10-18(12-24)13-25-21/h4-5,10-11,13,17H,6-9,14H2,1-3H3. The van der Waals surface area contributed by atoms with Gasteiger partial charge in [0.1, 0.15) is 18.5 Å². The Hall–Kier alpha value is -3.60. The molecule has 2 aliphatic rings. The van der Waals surface area contributed by atoms with Crippen molar-refractivity contribution < 1.29 is 14.3 Å². The number of anilines is 2. The molecule has 0 N–H and O–H groups in total. The van der Waals surface area contributed by atoms with Crippen LogP contribution in [0.15, 0.2) is 30.5 Å². The van der Waals surface area contributed by atoms with Crippen molar-refractivity contribution in [3.63, 3.8) is 0 Å². The lowest BCUT2D eigenvalue weighted by atomic mass is 10.0. The van der Waals surface area contributed by atoms with Crippen LogP contribution in [0, 0.1) is 25.2 Å². The molecule has 0 spiro atoms. The first kappa shape index (κ1) is 20.7. The zero-order valence-corrected chi connectivity index (χ0v) is 18.0. The maximum atomic E-state index is 13.1. The Morgan fingerprint density at radius 3 is 2.48 bits per heavy atom. The summed E-state index contributed by atoms with van der Waals surface area (Å²) in [4.78, 5) is 35.1. The minimum Gasteiger partial charge on any atom is -0.447 e. The van der Waals surface area contributed by atoms with Crippen LogP contribution in [0.3, 0.4) is 0 Å². The zero-order chi connectivity index (χ0) is 22.1. The van der Waals surface area contributed by atoms with E-state index in [1.807, 2.05) is 43.9 Å². The Bertz CT molecular complexity index is 1070. The van der Waals surface area contributed by atoms with Crippen molar-refractivity contribution >= 4 is 23.5 Å². The van der Waals surface area contributed by atoms with Gasteiger partial charge in [-0.2, -0.15) is 5.26 Å². The lowest BCUT2D eigenvalue weighted by molar-refractivity contribution is 0.0746. The molecule has 0 aliphatic carbocycles. The van der Waals surface area contributed by atoms with E-state index in [-0.39, 0.29) is 18.0 Å². The predicted molar refractivity (Wildman–Crippen MR) is 116 cm³/mol. The monoisotopic (exact) mass is 419 g/mol. The van der Waals surface area contributed by atoms with Crippen molar-refractivity contribution in [3.05, 3.63) is 52.7 Å². The number of hydrogen-bond donors (Lipinski definition) is 0. The zero-order valence-electron chi connectivity index (χ0n) is 18.0. The van der Waals surface area contributed by atoms with E-state index in [1.165, 1.54) is 0 Å². The highest BCUT2D eigenvalue weighted by Gasteiger charge is 2.31. The Balaban J connectivity index is 1.44. The molecule has 2 fully saturated rings. The maximum absolute atomic E-state index is 13.1. The molecule has 8 heteroatoms. The van der Waals surface area contributed by atoms with Crippen molar-refractivity contribution in [3.8, 4) is 6.07 Å². The van der Waals surface area contributed by atoms with Gasteiger partial charge < -0.3 is 14.5 Å². The number of nitriles is 1. The number of aromatic nitrogens is 1. The second-order valence-corrected chi connectivity index (χ2v) is 8.05. The normalized spacial score (nSPS) is 18.7. The van der Waals surface area contributed by atoms with Crippen LogP contribution in [0.5, 0.6) is 0 Å². The van der Waals surface area contributed by atoms with E-state index in [0.29, 0.717) is 43.9 Å². The third kappa shape index (κ3) is 3.91. The largest absolute Gasteiger partial charge is 0.447 e. The Kier molecular flexibility index (Phi) is 5.51. The summed E-state index contributed by atoms with van der Waals surface area (Å²) in [7, 11) is 0. The molecule has 2 saturated heterocycles. The van der Waals surface area contributed by atoms with Crippen LogP contribution in [0.25, 0.3) is 0 Å². The Morgan fingerprint density at radius 2 is 1.90 bits per heavy atom. The number of carbonyl (C=O) groups is 2. The number of piperazine rings is 1. The van der Waals surface area contributed by atoms with E-state index in [9.17, 15) is 9.59 Å². The van der Waals surface area contributed by atoms with E-state index in [0.717, 1.165) is 22.6 Å². The SMILES string of the molecule is Cc1cc(N2C(=O)OCC2C)ccc1C(=O)N1CCN(c2ncc(C#N)cc2C)CC1. The molecule has 0 bridgehead atoms. The average molecular weight is 419 g/mol. The van der Waals surface area contributed by atoms with E-state index < -0.39 is 0 Å².